The molecule has 0 aliphatic carbocycles. The second kappa shape index (κ2) is 6.40. The zero-order valence-corrected chi connectivity index (χ0v) is 10.7. The predicted octanol–water partition coefficient (Wildman–Crippen LogP) is 2.02. The molecule has 0 bridgehead atoms. The first-order valence-corrected chi connectivity index (χ1v) is 6.45. The maximum Gasteiger partial charge on any atom is 0.221 e. The Morgan fingerprint density at radius 2 is 2.22 bits per heavy atom. The fourth-order valence-electron chi connectivity index (χ4n) is 2.13. The molecule has 1 amide bonds. The van der Waals surface area contributed by atoms with Crippen molar-refractivity contribution in [2.24, 2.45) is 5.92 Å². The lowest BCUT2D eigenvalue weighted by Gasteiger charge is -2.22. The van der Waals surface area contributed by atoms with Gasteiger partial charge in [0.15, 0.2) is 0 Å². The number of carbonyl (C=O) groups is 1. The SMILES string of the molecule is CC(=O)Nc1cccc(OCC2CCNCC2)c1. The smallest absolute Gasteiger partial charge is 0.221 e. The molecule has 1 aliphatic rings. The van der Waals surface area contributed by atoms with Crippen LogP contribution in [0.5, 0.6) is 5.75 Å². The number of hydrogen-bond donors (Lipinski definition) is 2. The van der Waals surface area contributed by atoms with Gasteiger partial charge in [0.2, 0.25) is 5.91 Å². The van der Waals surface area contributed by atoms with Crippen molar-refractivity contribution >= 4 is 11.6 Å². The molecule has 1 aromatic rings. The summed E-state index contributed by atoms with van der Waals surface area (Å²) in [5.41, 5.74) is 0.783. The van der Waals surface area contributed by atoms with Gasteiger partial charge in [0.05, 0.1) is 6.61 Å². The molecule has 2 rings (SSSR count). The zero-order chi connectivity index (χ0) is 12.8. The van der Waals surface area contributed by atoms with Gasteiger partial charge in [-0.3, -0.25) is 4.79 Å². The first kappa shape index (κ1) is 12.9. The number of benzene rings is 1. The van der Waals surface area contributed by atoms with E-state index >= 15 is 0 Å². The van der Waals surface area contributed by atoms with Crippen molar-refractivity contribution in [1.29, 1.82) is 0 Å². The summed E-state index contributed by atoms with van der Waals surface area (Å²) in [6.45, 7) is 4.42. The highest BCUT2D eigenvalue weighted by Gasteiger charge is 2.13. The number of amides is 1. The fraction of sp³-hybridized carbons (Fsp3) is 0.500. The summed E-state index contributed by atoms with van der Waals surface area (Å²) < 4.78 is 5.79. The van der Waals surface area contributed by atoms with Crippen molar-refractivity contribution in [3.63, 3.8) is 0 Å². The predicted molar refractivity (Wildman–Crippen MR) is 71.8 cm³/mol. The van der Waals surface area contributed by atoms with Crippen LogP contribution in [-0.4, -0.2) is 25.6 Å². The lowest BCUT2D eigenvalue weighted by Crippen LogP contribution is -2.30. The third-order valence-corrected chi connectivity index (χ3v) is 3.10. The van der Waals surface area contributed by atoms with Gasteiger partial charge in [0, 0.05) is 18.7 Å². The summed E-state index contributed by atoms with van der Waals surface area (Å²) in [5, 5.41) is 6.09. The maximum absolute atomic E-state index is 11.0. The van der Waals surface area contributed by atoms with Crippen LogP contribution in [-0.2, 0) is 4.79 Å². The van der Waals surface area contributed by atoms with Crippen molar-refractivity contribution in [2.45, 2.75) is 19.8 Å². The number of rotatable bonds is 4. The highest BCUT2D eigenvalue weighted by atomic mass is 16.5. The zero-order valence-electron chi connectivity index (χ0n) is 10.7. The van der Waals surface area contributed by atoms with Crippen LogP contribution in [0.1, 0.15) is 19.8 Å². The third kappa shape index (κ3) is 4.04. The highest BCUT2D eigenvalue weighted by Crippen LogP contribution is 2.19. The summed E-state index contributed by atoms with van der Waals surface area (Å²) >= 11 is 0. The van der Waals surface area contributed by atoms with E-state index in [1.165, 1.54) is 19.8 Å². The molecule has 1 aromatic carbocycles. The quantitative estimate of drug-likeness (QED) is 0.857. The normalized spacial score (nSPS) is 16.3. The second-order valence-electron chi connectivity index (χ2n) is 4.71. The van der Waals surface area contributed by atoms with Gasteiger partial charge in [0.1, 0.15) is 5.75 Å². The number of carbonyl (C=O) groups excluding carboxylic acids is 1. The Bertz CT molecular complexity index is 401. The van der Waals surface area contributed by atoms with Crippen LogP contribution in [0.25, 0.3) is 0 Å². The molecule has 0 aromatic heterocycles. The molecule has 0 radical (unpaired) electrons. The Hall–Kier alpha value is -1.55. The molecule has 4 nitrogen and oxygen atoms in total. The van der Waals surface area contributed by atoms with Crippen molar-refractivity contribution < 1.29 is 9.53 Å². The van der Waals surface area contributed by atoms with E-state index in [4.69, 9.17) is 4.74 Å². The Morgan fingerprint density at radius 3 is 2.94 bits per heavy atom. The van der Waals surface area contributed by atoms with Gasteiger partial charge in [-0.1, -0.05) is 6.07 Å². The summed E-state index contributed by atoms with van der Waals surface area (Å²) in [6, 6.07) is 7.54. The van der Waals surface area contributed by atoms with Gasteiger partial charge in [-0.05, 0) is 44.0 Å². The Labute approximate surface area is 108 Å². The number of nitrogens with one attached hydrogen (secondary N) is 2. The van der Waals surface area contributed by atoms with E-state index < -0.39 is 0 Å². The van der Waals surface area contributed by atoms with E-state index in [1.807, 2.05) is 24.3 Å². The van der Waals surface area contributed by atoms with E-state index in [0.29, 0.717) is 5.92 Å². The van der Waals surface area contributed by atoms with Gasteiger partial charge in [0.25, 0.3) is 0 Å². The molecule has 1 aliphatic heterocycles. The topological polar surface area (TPSA) is 50.4 Å². The summed E-state index contributed by atoms with van der Waals surface area (Å²) in [7, 11) is 0. The second-order valence-corrected chi connectivity index (χ2v) is 4.71. The van der Waals surface area contributed by atoms with Gasteiger partial charge in [-0.25, -0.2) is 0 Å². The van der Waals surface area contributed by atoms with Crippen LogP contribution in [0.2, 0.25) is 0 Å². The van der Waals surface area contributed by atoms with E-state index in [9.17, 15) is 4.79 Å². The van der Waals surface area contributed by atoms with E-state index in [-0.39, 0.29) is 5.91 Å². The summed E-state index contributed by atoms with van der Waals surface area (Å²) in [6.07, 6.45) is 2.34. The van der Waals surface area contributed by atoms with Gasteiger partial charge in [-0.15, -0.1) is 0 Å². The Morgan fingerprint density at radius 1 is 1.44 bits per heavy atom. The standard InChI is InChI=1S/C14H20N2O2/c1-11(17)16-13-3-2-4-14(9-13)18-10-12-5-7-15-8-6-12/h2-4,9,12,15H,5-8,10H2,1H3,(H,16,17). The molecule has 1 saturated heterocycles. The largest absolute Gasteiger partial charge is 0.493 e. The summed E-state index contributed by atoms with van der Waals surface area (Å²) in [5.74, 6) is 1.39. The number of ether oxygens (including phenoxy) is 1. The van der Waals surface area contributed by atoms with Gasteiger partial charge in [-0.2, -0.15) is 0 Å². The van der Waals surface area contributed by atoms with E-state index in [0.717, 1.165) is 31.1 Å². The molecule has 0 spiro atoms. The molecule has 1 heterocycles. The molecule has 98 valence electrons. The van der Waals surface area contributed by atoms with Gasteiger partial charge >= 0.3 is 0 Å². The molecule has 18 heavy (non-hydrogen) atoms. The monoisotopic (exact) mass is 248 g/mol. The van der Waals surface area contributed by atoms with Gasteiger partial charge < -0.3 is 15.4 Å². The number of anilines is 1. The van der Waals surface area contributed by atoms with Crippen LogP contribution in [0.3, 0.4) is 0 Å². The molecule has 0 atom stereocenters. The minimum atomic E-state index is -0.0643. The van der Waals surface area contributed by atoms with Crippen LogP contribution in [0.15, 0.2) is 24.3 Å². The Kier molecular flexibility index (Phi) is 4.59. The molecule has 1 fully saturated rings. The molecule has 0 unspecified atom stereocenters. The lowest BCUT2D eigenvalue weighted by molar-refractivity contribution is -0.114. The van der Waals surface area contributed by atoms with Crippen LogP contribution < -0.4 is 15.4 Å². The highest BCUT2D eigenvalue weighted by molar-refractivity contribution is 5.88. The number of hydrogen-bond acceptors (Lipinski definition) is 3. The van der Waals surface area contributed by atoms with Crippen LogP contribution >= 0.6 is 0 Å². The number of piperidine rings is 1. The minimum absolute atomic E-state index is 0.0643. The van der Waals surface area contributed by atoms with Crippen LogP contribution in [0.4, 0.5) is 5.69 Å². The molecule has 0 saturated carbocycles. The molecular formula is C14H20N2O2. The van der Waals surface area contributed by atoms with Crippen molar-refractivity contribution in [3.8, 4) is 5.75 Å². The average Bonchev–Trinajstić information content (AvgIpc) is 2.37. The van der Waals surface area contributed by atoms with Crippen molar-refractivity contribution in [2.75, 3.05) is 25.0 Å². The fourth-order valence-corrected chi connectivity index (χ4v) is 2.13. The molecular weight excluding hydrogens is 228 g/mol. The maximum atomic E-state index is 11.0. The lowest BCUT2D eigenvalue weighted by atomic mass is 9.99. The first-order valence-electron chi connectivity index (χ1n) is 6.45. The van der Waals surface area contributed by atoms with E-state index in [1.54, 1.807) is 0 Å². The Balaban J connectivity index is 1.86. The van der Waals surface area contributed by atoms with Crippen molar-refractivity contribution in [1.82, 2.24) is 5.32 Å². The van der Waals surface area contributed by atoms with E-state index in [2.05, 4.69) is 10.6 Å². The third-order valence-electron chi connectivity index (χ3n) is 3.10. The first-order chi connectivity index (χ1) is 8.74. The molecule has 4 heteroatoms. The molecule has 2 N–H and O–H groups in total. The minimum Gasteiger partial charge on any atom is -0.493 e. The van der Waals surface area contributed by atoms with Crippen LogP contribution in [0, 0.1) is 5.92 Å². The summed E-state index contributed by atoms with van der Waals surface area (Å²) in [4.78, 5) is 11.0. The average molecular weight is 248 g/mol. The van der Waals surface area contributed by atoms with Crippen molar-refractivity contribution in [3.05, 3.63) is 24.3 Å².